The van der Waals surface area contributed by atoms with E-state index in [4.69, 9.17) is 10.5 Å². The lowest BCUT2D eigenvalue weighted by Crippen LogP contribution is -2.45. The minimum absolute atomic E-state index is 0.212. The molecule has 21 heavy (non-hydrogen) atoms. The van der Waals surface area contributed by atoms with Gasteiger partial charge in [-0.25, -0.2) is 9.97 Å². The van der Waals surface area contributed by atoms with Crippen molar-refractivity contribution in [1.29, 1.82) is 0 Å². The van der Waals surface area contributed by atoms with Gasteiger partial charge < -0.3 is 10.5 Å². The number of aromatic nitrogens is 2. The highest BCUT2D eigenvalue weighted by Gasteiger charge is 2.27. The predicted molar refractivity (Wildman–Crippen MR) is 84.4 cm³/mol. The molecule has 1 heterocycles. The molecular formula is C17H23N3O. The fourth-order valence-corrected chi connectivity index (χ4v) is 3.00. The van der Waals surface area contributed by atoms with Gasteiger partial charge in [-0.3, -0.25) is 0 Å². The maximum Gasteiger partial charge on any atom is 0.236 e. The van der Waals surface area contributed by atoms with Crippen molar-refractivity contribution in [3.8, 4) is 5.88 Å². The van der Waals surface area contributed by atoms with Crippen molar-refractivity contribution in [1.82, 2.24) is 9.97 Å². The number of fused-ring (bicyclic) bond motifs is 1. The second kappa shape index (κ2) is 5.98. The van der Waals surface area contributed by atoms with Gasteiger partial charge in [0.15, 0.2) is 0 Å². The molecular weight excluding hydrogens is 262 g/mol. The average Bonchev–Trinajstić information content (AvgIpc) is 2.70. The van der Waals surface area contributed by atoms with Crippen LogP contribution in [0.25, 0.3) is 11.0 Å². The Morgan fingerprint density at radius 3 is 2.33 bits per heavy atom. The van der Waals surface area contributed by atoms with Crippen LogP contribution in [-0.2, 0) is 0 Å². The van der Waals surface area contributed by atoms with Crippen LogP contribution < -0.4 is 10.5 Å². The van der Waals surface area contributed by atoms with E-state index in [9.17, 15) is 0 Å². The molecule has 4 heteroatoms. The van der Waals surface area contributed by atoms with Crippen LogP contribution in [0.3, 0.4) is 0 Å². The molecule has 1 saturated carbocycles. The van der Waals surface area contributed by atoms with Gasteiger partial charge in [0.05, 0.1) is 16.6 Å². The summed E-state index contributed by atoms with van der Waals surface area (Å²) in [4.78, 5) is 9.13. The van der Waals surface area contributed by atoms with E-state index in [2.05, 4.69) is 9.97 Å². The van der Waals surface area contributed by atoms with Crippen LogP contribution >= 0.6 is 0 Å². The van der Waals surface area contributed by atoms with Crippen LogP contribution in [0.1, 0.15) is 44.2 Å². The van der Waals surface area contributed by atoms with E-state index in [1.165, 1.54) is 25.7 Å². The minimum atomic E-state index is -0.212. The highest BCUT2D eigenvalue weighted by atomic mass is 16.5. The van der Waals surface area contributed by atoms with E-state index < -0.39 is 0 Å². The van der Waals surface area contributed by atoms with Gasteiger partial charge in [0.2, 0.25) is 5.88 Å². The fraction of sp³-hybridized carbons (Fsp3) is 0.529. The monoisotopic (exact) mass is 285 g/mol. The third-order valence-electron chi connectivity index (χ3n) is 4.30. The van der Waals surface area contributed by atoms with Crippen LogP contribution in [0.2, 0.25) is 0 Å². The molecule has 0 radical (unpaired) electrons. The number of aryl methyl sites for hydroxylation is 1. The first kappa shape index (κ1) is 14.3. The van der Waals surface area contributed by atoms with E-state index in [1.54, 1.807) is 0 Å². The van der Waals surface area contributed by atoms with E-state index in [-0.39, 0.29) is 5.54 Å². The minimum Gasteiger partial charge on any atom is -0.474 e. The van der Waals surface area contributed by atoms with Crippen molar-refractivity contribution >= 4 is 11.0 Å². The van der Waals surface area contributed by atoms with Gasteiger partial charge in [0.25, 0.3) is 0 Å². The molecule has 3 rings (SSSR count). The van der Waals surface area contributed by atoms with Crippen molar-refractivity contribution in [3.05, 3.63) is 30.0 Å². The number of nitrogens with zero attached hydrogens (tertiary/aromatic N) is 2. The van der Waals surface area contributed by atoms with Crippen molar-refractivity contribution in [3.63, 3.8) is 0 Å². The van der Waals surface area contributed by atoms with E-state index in [0.29, 0.717) is 12.5 Å². The second-order valence-corrected chi connectivity index (χ2v) is 6.17. The third kappa shape index (κ3) is 3.32. The van der Waals surface area contributed by atoms with Crippen molar-refractivity contribution in [2.24, 2.45) is 5.73 Å². The largest absolute Gasteiger partial charge is 0.474 e. The summed E-state index contributed by atoms with van der Waals surface area (Å²) in [6, 6.07) is 7.86. The molecule has 1 aromatic heterocycles. The molecule has 0 unspecified atom stereocenters. The molecule has 1 aliphatic carbocycles. The van der Waals surface area contributed by atoms with Crippen molar-refractivity contribution in [2.75, 3.05) is 6.61 Å². The first-order valence-electron chi connectivity index (χ1n) is 7.81. The molecule has 4 nitrogen and oxygen atoms in total. The quantitative estimate of drug-likeness (QED) is 0.878. The zero-order chi connectivity index (χ0) is 14.7. The lowest BCUT2D eigenvalue weighted by molar-refractivity contribution is 0.192. The lowest BCUT2D eigenvalue weighted by Gasteiger charge is -2.27. The molecule has 2 aromatic rings. The third-order valence-corrected chi connectivity index (χ3v) is 4.30. The standard InChI is InChI=1S/C17H23N3O/c1-13-16(20-15-9-5-4-8-14(15)19-13)21-12-17(18)10-6-2-3-7-11-17/h4-5,8-9H,2-3,6-7,10-12,18H2,1H3. The van der Waals surface area contributed by atoms with Gasteiger partial charge in [-0.2, -0.15) is 0 Å². The van der Waals surface area contributed by atoms with Crippen LogP contribution in [0.5, 0.6) is 5.88 Å². The summed E-state index contributed by atoms with van der Waals surface area (Å²) in [6.07, 6.45) is 7.03. The first-order valence-corrected chi connectivity index (χ1v) is 7.81. The normalized spacial score (nSPS) is 18.4. The van der Waals surface area contributed by atoms with Crippen LogP contribution in [0, 0.1) is 6.92 Å². The Hall–Kier alpha value is -1.68. The second-order valence-electron chi connectivity index (χ2n) is 6.17. The number of hydrogen-bond acceptors (Lipinski definition) is 4. The number of hydrogen-bond donors (Lipinski definition) is 1. The highest BCUT2D eigenvalue weighted by Crippen LogP contribution is 2.26. The molecule has 1 aliphatic rings. The Labute approximate surface area is 125 Å². The zero-order valence-corrected chi connectivity index (χ0v) is 12.6. The number of nitrogens with two attached hydrogens (primary N) is 1. The SMILES string of the molecule is Cc1nc2ccccc2nc1OCC1(N)CCCCCC1. The van der Waals surface area contributed by atoms with Crippen LogP contribution in [0.15, 0.2) is 24.3 Å². The number of ether oxygens (including phenoxy) is 1. The van der Waals surface area contributed by atoms with E-state index >= 15 is 0 Å². The molecule has 0 bridgehead atoms. The number of para-hydroxylation sites is 2. The maximum absolute atomic E-state index is 6.50. The van der Waals surface area contributed by atoms with Gasteiger partial charge in [-0.05, 0) is 31.9 Å². The average molecular weight is 285 g/mol. The molecule has 1 aromatic carbocycles. The number of benzene rings is 1. The Morgan fingerprint density at radius 2 is 1.67 bits per heavy atom. The lowest BCUT2D eigenvalue weighted by atomic mass is 9.93. The Balaban J connectivity index is 1.76. The summed E-state index contributed by atoms with van der Waals surface area (Å²) < 4.78 is 5.94. The molecule has 0 spiro atoms. The molecule has 0 saturated heterocycles. The van der Waals surface area contributed by atoms with Gasteiger partial charge in [0, 0.05) is 0 Å². The van der Waals surface area contributed by atoms with Crippen LogP contribution in [-0.4, -0.2) is 22.1 Å². The molecule has 112 valence electrons. The van der Waals surface area contributed by atoms with Crippen molar-refractivity contribution < 1.29 is 4.74 Å². The molecule has 0 atom stereocenters. The van der Waals surface area contributed by atoms with Crippen molar-refractivity contribution in [2.45, 2.75) is 51.0 Å². The molecule has 0 amide bonds. The summed E-state index contributed by atoms with van der Waals surface area (Å²) in [6.45, 7) is 2.46. The fourth-order valence-electron chi connectivity index (χ4n) is 3.00. The highest BCUT2D eigenvalue weighted by molar-refractivity contribution is 5.74. The number of rotatable bonds is 3. The summed E-state index contributed by atoms with van der Waals surface area (Å²) >= 11 is 0. The van der Waals surface area contributed by atoms with Gasteiger partial charge in [-0.1, -0.05) is 37.8 Å². The summed E-state index contributed by atoms with van der Waals surface area (Å²) in [7, 11) is 0. The Bertz CT molecular complexity index is 618. The topological polar surface area (TPSA) is 61.0 Å². The summed E-state index contributed by atoms with van der Waals surface area (Å²) in [5.74, 6) is 0.614. The molecule has 1 fully saturated rings. The van der Waals surface area contributed by atoms with Crippen LogP contribution in [0.4, 0.5) is 0 Å². The maximum atomic E-state index is 6.50. The van der Waals surface area contributed by atoms with Gasteiger partial charge >= 0.3 is 0 Å². The van der Waals surface area contributed by atoms with Gasteiger partial charge in [0.1, 0.15) is 12.3 Å². The van der Waals surface area contributed by atoms with Gasteiger partial charge in [-0.15, -0.1) is 0 Å². The first-order chi connectivity index (χ1) is 10.2. The predicted octanol–water partition coefficient (Wildman–Crippen LogP) is 3.37. The van der Waals surface area contributed by atoms with E-state index in [0.717, 1.165) is 29.6 Å². The molecule has 0 aliphatic heterocycles. The Morgan fingerprint density at radius 1 is 1.05 bits per heavy atom. The Kier molecular flexibility index (Phi) is 4.06. The summed E-state index contributed by atoms with van der Waals surface area (Å²) in [5, 5.41) is 0. The molecule has 2 N–H and O–H groups in total. The van der Waals surface area contributed by atoms with E-state index in [1.807, 2.05) is 31.2 Å². The summed E-state index contributed by atoms with van der Waals surface area (Å²) in [5.41, 5.74) is 8.88. The smallest absolute Gasteiger partial charge is 0.236 e. The zero-order valence-electron chi connectivity index (χ0n) is 12.6.